The molecule has 4 nitrogen and oxygen atoms in total. The maximum Gasteiger partial charge on any atom is 0.208 e. The van der Waals surface area contributed by atoms with Gasteiger partial charge in [-0.15, -0.1) is 0 Å². The molecule has 0 radical (unpaired) electrons. The molecule has 20 heavy (non-hydrogen) atoms. The number of oxazole rings is 1. The van der Waals surface area contributed by atoms with Crippen molar-refractivity contribution in [2.45, 2.75) is 6.54 Å². The van der Waals surface area contributed by atoms with Crippen LogP contribution in [0.3, 0.4) is 0 Å². The van der Waals surface area contributed by atoms with Crippen LogP contribution in [-0.4, -0.2) is 4.98 Å². The number of hydrogen-bond donors (Lipinski definition) is 1. The molecule has 3 rings (SSSR count). The number of rotatable bonds is 4. The average molecular weight is 266 g/mol. The fraction of sp³-hybridized carbons (Fsp3) is 0.0625. The lowest BCUT2D eigenvalue weighted by Gasteiger charge is -2.05. The molecule has 4 heteroatoms. The van der Waals surface area contributed by atoms with Crippen molar-refractivity contribution < 1.29 is 9.15 Å². The van der Waals surface area contributed by atoms with Gasteiger partial charge in [-0.25, -0.2) is 4.98 Å². The zero-order chi connectivity index (χ0) is 13.8. The number of nitrogens with two attached hydrogens (primary N) is 1. The number of benzene rings is 2. The maximum atomic E-state index is 5.73. The number of nitrogens with zero attached hydrogens (tertiary/aromatic N) is 1. The second kappa shape index (κ2) is 5.59. The first-order valence-corrected chi connectivity index (χ1v) is 6.33. The zero-order valence-corrected chi connectivity index (χ0v) is 10.8. The molecule has 3 aromatic rings. The van der Waals surface area contributed by atoms with E-state index in [9.17, 15) is 0 Å². The van der Waals surface area contributed by atoms with Gasteiger partial charge in [0.25, 0.3) is 0 Å². The van der Waals surface area contributed by atoms with Crippen molar-refractivity contribution in [3.63, 3.8) is 0 Å². The van der Waals surface area contributed by atoms with Crippen LogP contribution in [0.25, 0.3) is 11.3 Å². The van der Waals surface area contributed by atoms with Gasteiger partial charge in [0.15, 0.2) is 0 Å². The fourth-order valence-electron chi connectivity index (χ4n) is 1.86. The minimum atomic E-state index is 0.301. The average Bonchev–Trinajstić information content (AvgIpc) is 2.98. The van der Waals surface area contributed by atoms with E-state index in [0.717, 1.165) is 22.8 Å². The SMILES string of the molecule is NCc1nc(-c2ccc(Oc3ccccc3)cc2)co1. The Hall–Kier alpha value is -2.59. The van der Waals surface area contributed by atoms with Gasteiger partial charge in [-0.2, -0.15) is 0 Å². The van der Waals surface area contributed by atoms with E-state index >= 15 is 0 Å². The third-order valence-corrected chi connectivity index (χ3v) is 2.86. The van der Waals surface area contributed by atoms with Crippen molar-refractivity contribution in [3.8, 4) is 22.8 Å². The van der Waals surface area contributed by atoms with E-state index in [2.05, 4.69) is 4.98 Å². The Morgan fingerprint density at radius 3 is 2.30 bits per heavy atom. The van der Waals surface area contributed by atoms with Crippen LogP contribution in [0.4, 0.5) is 0 Å². The van der Waals surface area contributed by atoms with Crippen molar-refractivity contribution in [2.24, 2.45) is 5.73 Å². The van der Waals surface area contributed by atoms with Gasteiger partial charge in [-0.1, -0.05) is 18.2 Å². The first-order valence-electron chi connectivity index (χ1n) is 6.33. The van der Waals surface area contributed by atoms with Gasteiger partial charge < -0.3 is 14.9 Å². The van der Waals surface area contributed by atoms with Crippen LogP contribution in [-0.2, 0) is 6.54 Å². The van der Waals surface area contributed by atoms with Crippen LogP contribution >= 0.6 is 0 Å². The Morgan fingerprint density at radius 1 is 0.950 bits per heavy atom. The quantitative estimate of drug-likeness (QED) is 0.783. The first kappa shape index (κ1) is 12.4. The molecule has 0 fully saturated rings. The van der Waals surface area contributed by atoms with Crippen LogP contribution in [0.5, 0.6) is 11.5 Å². The molecule has 0 amide bonds. The van der Waals surface area contributed by atoms with Gasteiger partial charge >= 0.3 is 0 Å². The molecule has 1 aromatic heterocycles. The zero-order valence-electron chi connectivity index (χ0n) is 10.8. The van der Waals surface area contributed by atoms with Gasteiger partial charge in [0.05, 0.1) is 6.54 Å². The summed E-state index contributed by atoms with van der Waals surface area (Å²) >= 11 is 0. The first-order chi connectivity index (χ1) is 9.85. The summed E-state index contributed by atoms with van der Waals surface area (Å²) in [5.74, 6) is 2.12. The highest BCUT2D eigenvalue weighted by Crippen LogP contribution is 2.25. The molecule has 0 aliphatic heterocycles. The summed E-state index contributed by atoms with van der Waals surface area (Å²) in [6, 6.07) is 17.3. The fourth-order valence-corrected chi connectivity index (χ4v) is 1.86. The molecule has 0 aliphatic carbocycles. The van der Waals surface area contributed by atoms with E-state index in [1.807, 2.05) is 54.6 Å². The topological polar surface area (TPSA) is 61.3 Å². The summed E-state index contributed by atoms with van der Waals surface area (Å²) in [4.78, 5) is 4.28. The predicted molar refractivity (Wildman–Crippen MR) is 76.3 cm³/mol. The molecule has 0 saturated heterocycles. The van der Waals surface area contributed by atoms with Crippen LogP contribution in [0.15, 0.2) is 65.3 Å². The minimum absolute atomic E-state index is 0.301. The molecule has 100 valence electrons. The lowest BCUT2D eigenvalue weighted by molar-refractivity contribution is 0.483. The van der Waals surface area contributed by atoms with Crippen molar-refractivity contribution >= 4 is 0 Å². The molecule has 0 saturated carbocycles. The summed E-state index contributed by atoms with van der Waals surface area (Å²) in [5.41, 5.74) is 7.22. The summed E-state index contributed by atoms with van der Waals surface area (Å²) in [7, 11) is 0. The second-order valence-corrected chi connectivity index (χ2v) is 4.27. The molecule has 2 N–H and O–H groups in total. The Morgan fingerprint density at radius 2 is 1.65 bits per heavy atom. The molecular formula is C16H14N2O2. The summed E-state index contributed by atoms with van der Waals surface area (Å²) in [5, 5.41) is 0. The van der Waals surface area contributed by atoms with E-state index in [1.54, 1.807) is 6.26 Å². The largest absolute Gasteiger partial charge is 0.457 e. The number of hydrogen-bond acceptors (Lipinski definition) is 4. The normalized spacial score (nSPS) is 10.4. The van der Waals surface area contributed by atoms with Gasteiger partial charge in [0.1, 0.15) is 23.5 Å². The van der Waals surface area contributed by atoms with Crippen LogP contribution < -0.4 is 10.5 Å². The number of aromatic nitrogens is 1. The lowest BCUT2D eigenvalue weighted by Crippen LogP contribution is -1.95. The van der Waals surface area contributed by atoms with Crippen LogP contribution in [0.2, 0.25) is 0 Å². The molecule has 0 aliphatic rings. The predicted octanol–water partition coefficient (Wildman–Crippen LogP) is 3.59. The van der Waals surface area contributed by atoms with Crippen molar-refractivity contribution in [1.82, 2.24) is 4.98 Å². The number of para-hydroxylation sites is 1. The van der Waals surface area contributed by atoms with Crippen molar-refractivity contribution in [2.75, 3.05) is 0 Å². The molecule has 1 heterocycles. The molecular weight excluding hydrogens is 252 g/mol. The molecule has 2 aromatic carbocycles. The van der Waals surface area contributed by atoms with Crippen molar-refractivity contribution in [1.29, 1.82) is 0 Å². The monoisotopic (exact) mass is 266 g/mol. The van der Waals surface area contributed by atoms with Crippen molar-refractivity contribution in [3.05, 3.63) is 66.8 Å². The summed E-state index contributed by atoms with van der Waals surface area (Å²) in [6.45, 7) is 0.301. The smallest absolute Gasteiger partial charge is 0.208 e. The maximum absolute atomic E-state index is 5.73. The third kappa shape index (κ3) is 2.70. The molecule has 0 spiro atoms. The molecule has 0 unspecified atom stereocenters. The highest BCUT2D eigenvalue weighted by molar-refractivity contribution is 5.59. The summed E-state index contributed by atoms with van der Waals surface area (Å²) in [6.07, 6.45) is 1.61. The van der Waals surface area contributed by atoms with E-state index < -0.39 is 0 Å². The standard InChI is InChI=1S/C16H14N2O2/c17-10-16-18-15(11-19-16)12-6-8-14(9-7-12)20-13-4-2-1-3-5-13/h1-9,11H,10,17H2. The Labute approximate surface area is 116 Å². The Balaban J connectivity index is 1.77. The number of ether oxygens (including phenoxy) is 1. The lowest BCUT2D eigenvalue weighted by atomic mass is 10.2. The van der Waals surface area contributed by atoms with E-state index in [0.29, 0.717) is 12.4 Å². The van der Waals surface area contributed by atoms with Gasteiger partial charge in [0, 0.05) is 5.56 Å². The highest BCUT2D eigenvalue weighted by Gasteiger charge is 2.05. The van der Waals surface area contributed by atoms with Crippen LogP contribution in [0.1, 0.15) is 5.89 Å². The van der Waals surface area contributed by atoms with Gasteiger partial charge in [0.2, 0.25) is 5.89 Å². The molecule has 0 atom stereocenters. The van der Waals surface area contributed by atoms with E-state index in [4.69, 9.17) is 14.9 Å². The van der Waals surface area contributed by atoms with E-state index in [1.165, 1.54) is 0 Å². The van der Waals surface area contributed by atoms with Gasteiger partial charge in [-0.3, -0.25) is 0 Å². The third-order valence-electron chi connectivity index (χ3n) is 2.86. The Kier molecular flexibility index (Phi) is 3.48. The van der Waals surface area contributed by atoms with Crippen LogP contribution in [0, 0.1) is 0 Å². The Bertz CT molecular complexity index is 675. The second-order valence-electron chi connectivity index (χ2n) is 4.27. The molecule has 0 bridgehead atoms. The minimum Gasteiger partial charge on any atom is -0.457 e. The van der Waals surface area contributed by atoms with Gasteiger partial charge in [-0.05, 0) is 36.4 Å². The van der Waals surface area contributed by atoms with E-state index in [-0.39, 0.29) is 0 Å². The summed E-state index contributed by atoms with van der Waals surface area (Å²) < 4.78 is 11.0. The highest BCUT2D eigenvalue weighted by atomic mass is 16.5.